The van der Waals surface area contributed by atoms with Crippen LogP contribution < -0.4 is 10.9 Å². The van der Waals surface area contributed by atoms with E-state index in [4.69, 9.17) is 16.3 Å². The van der Waals surface area contributed by atoms with Gasteiger partial charge in [-0.1, -0.05) is 41.9 Å². The number of aromatic nitrogens is 1. The summed E-state index contributed by atoms with van der Waals surface area (Å²) < 4.78 is 4.72. The highest BCUT2D eigenvalue weighted by Gasteiger charge is 2.21. The molecule has 0 saturated carbocycles. The molecule has 0 spiro atoms. The number of nitrogens with one attached hydrogen (secondary N) is 2. The highest BCUT2D eigenvalue weighted by atomic mass is 35.5. The fourth-order valence-electron chi connectivity index (χ4n) is 2.64. The minimum absolute atomic E-state index is 0.0729. The zero-order valence-corrected chi connectivity index (χ0v) is 14.6. The molecule has 0 bridgehead atoms. The second-order valence-electron chi connectivity index (χ2n) is 5.43. The number of ether oxygens (including phenoxy) is 1. The quantitative estimate of drug-likeness (QED) is 0.546. The Kier molecular flexibility index (Phi) is 5.04. The van der Waals surface area contributed by atoms with Gasteiger partial charge < -0.3 is 15.0 Å². The van der Waals surface area contributed by atoms with E-state index in [1.54, 1.807) is 49.4 Å². The number of fused-ring (bicyclic) bond motifs is 1. The van der Waals surface area contributed by atoms with Gasteiger partial charge in [-0.2, -0.15) is 0 Å². The first-order valence-electron chi connectivity index (χ1n) is 7.90. The molecule has 2 N–H and O–H groups in total. The normalized spacial score (nSPS) is 10.5. The number of rotatable bonds is 3. The number of hydrogen-bond acceptors (Lipinski definition) is 4. The van der Waals surface area contributed by atoms with Crippen molar-refractivity contribution in [2.45, 2.75) is 6.92 Å². The van der Waals surface area contributed by atoms with E-state index in [1.165, 1.54) is 0 Å². The molecule has 6 nitrogen and oxygen atoms in total. The molecule has 1 amide bonds. The second-order valence-corrected chi connectivity index (χ2v) is 5.87. The summed E-state index contributed by atoms with van der Waals surface area (Å²) in [5.41, 5.74) is 1.11. The summed E-state index contributed by atoms with van der Waals surface area (Å²) in [4.78, 5) is 39.3. The molecule has 3 aromatic rings. The predicted molar refractivity (Wildman–Crippen MR) is 100 cm³/mol. The van der Waals surface area contributed by atoms with Gasteiger partial charge >= 0.3 is 11.9 Å². The van der Waals surface area contributed by atoms with Crippen molar-refractivity contribution in [1.29, 1.82) is 0 Å². The zero-order chi connectivity index (χ0) is 18.7. The lowest BCUT2D eigenvalue weighted by molar-refractivity contribution is -0.152. The third-order valence-electron chi connectivity index (χ3n) is 3.74. The Morgan fingerprint density at radius 1 is 1.15 bits per heavy atom. The largest absolute Gasteiger partial charge is 0.459 e. The predicted octanol–water partition coefficient (Wildman–Crippen LogP) is 3.35. The SMILES string of the molecule is CCOC(=O)C(=O)Nc1c(-c2ccccc2)c(=O)[nH]c2cc(Cl)ccc12. The van der Waals surface area contributed by atoms with Gasteiger partial charge in [0.05, 0.1) is 23.4 Å². The summed E-state index contributed by atoms with van der Waals surface area (Å²) in [7, 11) is 0. The average Bonchev–Trinajstić information content (AvgIpc) is 2.62. The summed E-state index contributed by atoms with van der Waals surface area (Å²) >= 11 is 5.99. The number of amides is 1. The molecule has 0 saturated heterocycles. The Labute approximate surface area is 153 Å². The maximum absolute atomic E-state index is 12.7. The Balaban J connectivity index is 2.24. The van der Waals surface area contributed by atoms with Gasteiger partial charge in [-0.25, -0.2) is 4.79 Å². The van der Waals surface area contributed by atoms with Crippen LogP contribution in [0.4, 0.5) is 5.69 Å². The van der Waals surface area contributed by atoms with Gasteiger partial charge in [-0.15, -0.1) is 0 Å². The number of pyridine rings is 1. The number of esters is 1. The maximum atomic E-state index is 12.7. The molecule has 0 aliphatic heterocycles. The molecule has 2 aromatic carbocycles. The maximum Gasteiger partial charge on any atom is 0.397 e. The topological polar surface area (TPSA) is 88.3 Å². The van der Waals surface area contributed by atoms with Gasteiger partial charge in [0, 0.05) is 10.4 Å². The van der Waals surface area contributed by atoms with Gasteiger partial charge in [0.15, 0.2) is 0 Å². The molecule has 0 aliphatic carbocycles. The summed E-state index contributed by atoms with van der Waals surface area (Å²) in [5.74, 6) is -1.97. The van der Waals surface area contributed by atoms with Gasteiger partial charge in [-0.05, 0) is 30.7 Å². The zero-order valence-electron chi connectivity index (χ0n) is 13.8. The Morgan fingerprint density at radius 3 is 2.58 bits per heavy atom. The van der Waals surface area contributed by atoms with Crippen molar-refractivity contribution >= 4 is 40.1 Å². The first kappa shape index (κ1) is 17.7. The highest BCUT2D eigenvalue weighted by Crippen LogP contribution is 2.32. The molecular formula is C19H15ClN2O4. The van der Waals surface area contributed by atoms with E-state index in [0.717, 1.165) is 0 Å². The first-order valence-corrected chi connectivity index (χ1v) is 8.28. The lowest BCUT2D eigenvalue weighted by Crippen LogP contribution is -2.26. The van der Waals surface area contributed by atoms with Crippen molar-refractivity contribution in [2.24, 2.45) is 0 Å². The lowest BCUT2D eigenvalue weighted by atomic mass is 10.0. The number of H-pyrrole nitrogens is 1. The minimum atomic E-state index is -1.02. The van der Waals surface area contributed by atoms with Crippen LogP contribution in [0.25, 0.3) is 22.0 Å². The van der Waals surface area contributed by atoms with Crippen LogP contribution >= 0.6 is 11.6 Å². The molecule has 1 aromatic heterocycles. The number of aromatic amines is 1. The third kappa shape index (κ3) is 3.45. The van der Waals surface area contributed by atoms with E-state index < -0.39 is 17.4 Å². The van der Waals surface area contributed by atoms with Crippen molar-refractivity contribution in [3.05, 3.63) is 63.9 Å². The van der Waals surface area contributed by atoms with Crippen LogP contribution in [-0.2, 0) is 14.3 Å². The molecule has 0 radical (unpaired) electrons. The molecule has 7 heteroatoms. The molecule has 26 heavy (non-hydrogen) atoms. The number of hydrogen-bond donors (Lipinski definition) is 2. The number of carbonyl (C=O) groups excluding carboxylic acids is 2. The van der Waals surface area contributed by atoms with E-state index >= 15 is 0 Å². The minimum Gasteiger partial charge on any atom is -0.459 e. The van der Waals surface area contributed by atoms with Crippen LogP contribution in [0.5, 0.6) is 0 Å². The van der Waals surface area contributed by atoms with Gasteiger partial charge in [0.25, 0.3) is 5.56 Å². The fourth-order valence-corrected chi connectivity index (χ4v) is 2.81. The van der Waals surface area contributed by atoms with Gasteiger partial charge in [-0.3, -0.25) is 9.59 Å². The Hall–Kier alpha value is -3.12. The van der Waals surface area contributed by atoms with Crippen molar-refractivity contribution in [3.8, 4) is 11.1 Å². The summed E-state index contributed by atoms with van der Waals surface area (Å²) in [5, 5.41) is 3.50. The Bertz CT molecular complexity index is 1040. The molecule has 1 heterocycles. The van der Waals surface area contributed by atoms with Crippen molar-refractivity contribution in [1.82, 2.24) is 4.98 Å². The first-order chi connectivity index (χ1) is 12.5. The number of benzene rings is 2. The van der Waals surface area contributed by atoms with E-state index in [1.807, 2.05) is 6.07 Å². The standard InChI is InChI=1S/C19H15ClN2O4/c1-2-26-19(25)18(24)22-16-13-9-8-12(20)10-14(13)21-17(23)15(16)11-6-4-3-5-7-11/h3-10H,2H2,1H3,(H2,21,22,23,24). The fraction of sp³-hybridized carbons (Fsp3) is 0.105. The van der Waals surface area contributed by atoms with E-state index in [-0.39, 0.29) is 17.9 Å². The monoisotopic (exact) mass is 370 g/mol. The molecule has 0 aliphatic rings. The van der Waals surface area contributed by atoms with E-state index in [0.29, 0.717) is 21.5 Å². The molecular weight excluding hydrogens is 356 g/mol. The third-order valence-corrected chi connectivity index (χ3v) is 3.97. The molecule has 0 unspecified atom stereocenters. The van der Waals surface area contributed by atoms with Crippen molar-refractivity contribution in [3.63, 3.8) is 0 Å². The van der Waals surface area contributed by atoms with Crippen LogP contribution in [0.15, 0.2) is 53.3 Å². The van der Waals surface area contributed by atoms with Gasteiger partial charge in [0.1, 0.15) is 0 Å². The van der Waals surface area contributed by atoms with E-state index in [9.17, 15) is 14.4 Å². The highest BCUT2D eigenvalue weighted by molar-refractivity contribution is 6.38. The number of carbonyl (C=O) groups is 2. The average molecular weight is 371 g/mol. The van der Waals surface area contributed by atoms with Crippen LogP contribution in [0, 0.1) is 0 Å². The lowest BCUT2D eigenvalue weighted by Gasteiger charge is -2.14. The Morgan fingerprint density at radius 2 is 1.88 bits per heavy atom. The van der Waals surface area contributed by atoms with Gasteiger partial charge in [0.2, 0.25) is 0 Å². The van der Waals surface area contributed by atoms with Crippen LogP contribution in [0.2, 0.25) is 5.02 Å². The summed E-state index contributed by atoms with van der Waals surface area (Å²) in [6, 6.07) is 13.7. The number of halogens is 1. The van der Waals surface area contributed by atoms with Crippen molar-refractivity contribution < 1.29 is 14.3 Å². The van der Waals surface area contributed by atoms with Crippen LogP contribution in [-0.4, -0.2) is 23.5 Å². The molecule has 0 fully saturated rings. The smallest absolute Gasteiger partial charge is 0.397 e. The van der Waals surface area contributed by atoms with E-state index in [2.05, 4.69) is 10.3 Å². The van der Waals surface area contributed by atoms with Crippen LogP contribution in [0.1, 0.15) is 6.92 Å². The second kappa shape index (κ2) is 7.41. The summed E-state index contributed by atoms with van der Waals surface area (Å²) in [6.45, 7) is 1.68. The van der Waals surface area contributed by atoms with Crippen LogP contribution in [0.3, 0.4) is 0 Å². The van der Waals surface area contributed by atoms with Crippen molar-refractivity contribution in [2.75, 3.05) is 11.9 Å². The molecule has 132 valence electrons. The molecule has 0 atom stereocenters. The summed E-state index contributed by atoms with van der Waals surface area (Å²) in [6.07, 6.45) is 0. The molecule has 3 rings (SSSR count). The number of anilines is 1.